The molecule has 2 heterocycles. The van der Waals surface area contributed by atoms with Crippen LogP contribution < -0.4 is 16.0 Å². The van der Waals surface area contributed by atoms with Crippen LogP contribution >= 0.6 is 35.3 Å². The van der Waals surface area contributed by atoms with Gasteiger partial charge in [-0.25, -0.2) is 4.79 Å². The Bertz CT molecular complexity index is 630. The van der Waals surface area contributed by atoms with Crippen molar-refractivity contribution in [1.82, 2.24) is 20.9 Å². The molecule has 1 aliphatic rings. The fraction of sp³-hybridized carbons (Fsp3) is 0.684. The predicted octanol–water partition coefficient (Wildman–Crippen LogP) is 2.80. The largest absolute Gasteiger partial charge is 0.444 e. The van der Waals surface area contributed by atoms with Crippen LogP contribution in [0.2, 0.25) is 0 Å². The fourth-order valence-electron chi connectivity index (χ4n) is 2.80. The lowest BCUT2D eigenvalue weighted by Gasteiger charge is -2.26. The number of rotatable bonds is 7. The molecule has 1 aromatic heterocycles. The molecule has 1 aliphatic heterocycles. The highest BCUT2D eigenvalue weighted by molar-refractivity contribution is 14.0. The van der Waals surface area contributed by atoms with Gasteiger partial charge >= 0.3 is 6.09 Å². The molecule has 1 aromatic rings. The standard InChI is InChI=1S/C19H33N5O2S.HI/c1-5-20-17(21-8-9-23-18(25)26-19(2,3)4)22-10-12-24-11-6-16-15(14-24)7-13-27-16;/h7,13H,5-6,8-12,14H2,1-4H3,(H,23,25)(H2,20,21,22);1H. The second kappa shape index (κ2) is 12.5. The Kier molecular flexibility index (Phi) is 11.1. The van der Waals surface area contributed by atoms with E-state index in [1.165, 1.54) is 10.4 Å². The predicted molar refractivity (Wildman–Crippen MR) is 127 cm³/mol. The first-order chi connectivity index (χ1) is 12.9. The molecule has 160 valence electrons. The van der Waals surface area contributed by atoms with E-state index >= 15 is 0 Å². The van der Waals surface area contributed by atoms with Crippen molar-refractivity contribution >= 4 is 47.4 Å². The number of ether oxygens (including phenoxy) is 1. The van der Waals surface area contributed by atoms with Crippen LogP contribution in [0.4, 0.5) is 4.79 Å². The quantitative estimate of drug-likeness (QED) is 0.222. The van der Waals surface area contributed by atoms with Crippen molar-refractivity contribution in [2.45, 2.75) is 46.3 Å². The number of aliphatic imine (C=N–C) groups is 1. The molecule has 0 aliphatic carbocycles. The molecule has 0 aromatic carbocycles. The van der Waals surface area contributed by atoms with Gasteiger partial charge in [-0.2, -0.15) is 0 Å². The number of nitrogens with zero attached hydrogens (tertiary/aromatic N) is 2. The van der Waals surface area contributed by atoms with Gasteiger partial charge < -0.3 is 20.7 Å². The minimum atomic E-state index is -0.480. The molecule has 28 heavy (non-hydrogen) atoms. The number of alkyl carbamates (subject to hydrolysis) is 1. The first kappa shape index (κ1) is 25.0. The number of fused-ring (bicyclic) bond motifs is 1. The third kappa shape index (κ3) is 9.42. The number of amides is 1. The van der Waals surface area contributed by atoms with Crippen LogP contribution in [0.15, 0.2) is 16.4 Å². The average Bonchev–Trinajstić information content (AvgIpc) is 3.05. The molecule has 0 unspecified atom stereocenters. The molecule has 7 nitrogen and oxygen atoms in total. The lowest BCUT2D eigenvalue weighted by Crippen LogP contribution is -2.43. The van der Waals surface area contributed by atoms with E-state index in [-0.39, 0.29) is 24.0 Å². The fourth-order valence-corrected chi connectivity index (χ4v) is 3.69. The van der Waals surface area contributed by atoms with Gasteiger partial charge in [0, 0.05) is 44.1 Å². The minimum absolute atomic E-state index is 0. The van der Waals surface area contributed by atoms with Crippen LogP contribution in [0.5, 0.6) is 0 Å². The molecule has 9 heteroatoms. The number of carbonyl (C=O) groups is 1. The maximum Gasteiger partial charge on any atom is 0.407 e. The van der Waals surface area contributed by atoms with Gasteiger partial charge in [0.25, 0.3) is 0 Å². The van der Waals surface area contributed by atoms with Crippen LogP contribution in [0.3, 0.4) is 0 Å². The molecule has 1 amide bonds. The van der Waals surface area contributed by atoms with Gasteiger partial charge in [-0.1, -0.05) is 0 Å². The highest BCUT2D eigenvalue weighted by Crippen LogP contribution is 2.23. The summed E-state index contributed by atoms with van der Waals surface area (Å²) in [6, 6.07) is 2.23. The highest BCUT2D eigenvalue weighted by atomic mass is 127. The van der Waals surface area contributed by atoms with E-state index in [1.807, 2.05) is 39.0 Å². The zero-order valence-electron chi connectivity index (χ0n) is 17.3. The Morgan fingerprint density at radius 2 is 2.04 bits per heavy atom. The summed E-state index contributed by atoms with van der Waals surface area (Å²) in [5, 5.41) is 11.4. The molecular formula is C19H34IN5O2S. The highest BCUT2D eigenvalue weighted by Gasteiger charge is 2.17. The van der Waals surface area contributed by atoms with Crippen molar-refractivity contribution in [3.05, 3.63) is 21.9 Å². The lowest BCUT2D eigenvalue weighted by atomic mass is 10.1. The van der Waals surface area contributed by atoms with E-state index in [1.54, 1.807) is 0 Å². The van der Waals surface area contributed by atoms with Gasteiger partial charge in [0.05, 0.1) is 6.54 Å². The first-order valence-corrected chi connectivity index (χ1v) is 10.5. The third-order valence-corrected chi connectivity index (χ3v) is 5.03. The molecule has 0 atom stereocenters. The van der Waals surface area contributed by atoms with Crippen LogP contribution in [0.1, 0.15) is 38.1 Å². The van der Waals surface area contributed by atoms with Gasteiger partial charge in [0.2, 0.25) is 0 Å². The van der Waals surface area contributed by atoms with Crippen molar-refractivity contribution in [1.29, 1.82) is 0 Å². The summed E-state index contributed by atoms with van der Waals surface area (Å²) in [6.45, 7) is 13.3. The van der Waals surface area contributed by atoms with Crippen molar-refractivity contribution in [2.75, 3.05) is 39.3 Å². The molecule has 0 radical (unpaired) electrons. The first-order valence-electron chi connectivity index (χ1n) is 9.64. The molecule has 0 spiro atoms. The topological polar surface area (TPSA) is 78.0 Å². The number of carbonyl (C=O) groups excluding carboxylic acids is 1. The SMILES string of the molecule is CCNC(=NCCN1CCc2sccc2C1)NCCNC(=O)OC(C)(C)C.I. The smallest absolute Gasteiger partial charge is 0.407 e. The van der Waals surface area contributed by atoms with Crippen molar-refractivity contribution in [3.63, 3.8) is 0 Å². The Hall–Kier alpha value is -1.07. The molecule has 0 saturated carbocycles. The van der Waals surface area contributed by atoms with Gasteiger partial charge in [-0.3, -0.25) is 9.89 Å². The van der Waals surface area contributed by atoms with Gasteiger partial charge in [-0.05, 0) is 51.1 Å². The summed E-state index contributed by atoms with van der Waals surface area (Å²) >= 11 is 1.87. The monoisotopic (exact) mass is 523 g/mol. The van der Waals surface area contributed by atoms with Gasteiger partial charge in [-0.15, -0.1) is 35.3 Å². The van der Waals surface area contributed by atoms with E-state index in [2.05, 4.69) is 37.3 Å². The van der Waals surface area contributed by atoms with Gasteiger partial charge in [0.15, 0.2) is 5.96 Å². The maximum absolute atomic E-state index is 11.6. The summed E-state index contributed by atoms with van der Waals surface area (Å²) in [5.74, 6) is 0.775. The number of guanidine groups is 1. The second-order valence-corrected chi connectivity index (χ2v) is 8.51. The summed E-state index contributed by atoms with van der Waals surface area (Å²) in [6.07, 6.45) is 0.745. The van der Waals surface area contributed by atoms with E-state index in [4.69, 9.17) is 4.74 Å². The number of hydrogen-bond donors (Lipinski definition) is 3. The van der Waals surface area contributed by atoms with Crippen LogP contribution in [0.25, 0.3) is 0 Å². The number of nitrogens with one attached hydrogen (secondary N) is 3. The van der Waals surface area contributed by atoms with E-state index in [9.17, 15) is 4.79 Å². The van der Waals surface area contributed by atoms with Crippen molar-refractivity contribution in [2.24, 2.45) is 4.99 Å². The molecule has 0 bridgehead atoms. The average molecular weight is 523 g/mol. The maximum atomic E-state index is 11.6. The molecule has 0 fully saturated rings. The van der Waals surface area contributed by atoms with Crippen LogP contribution in [-0.2, 0) is 17.7 Å². The number of hydrogen-bond acceptors (Lipinski definition) is 5. The summed E-state index contributed by atoms with van der Waals surface area (Å²) in [5.41, 5.74) is 0.986. The Labute approximate surface area is 189 Å². The Morgan fingerprint density at radius 1 is 1.29 bits per heavy atom. The van der Waals surface area contributed by atoms with Crippen molar-refractivity contribution < 1.29 is 9.53 Å². The summed E-state index contributed by atoms with van der Waals surface area (Å²) in [4.78, 5) is 20.3. The van der Waals surface area contributed by atoms with E-state index in [0.717, 1.165) is 45.1 Å². The Morgan fingerprint density at radius 3 is 2.75 bits per heavy atom. The molecule has 2 rings (SSSR count). The minimum Gasteiger partial charge on any atom is -0.444 e. The van der Waals surface area contributed by atoms with Crippen molar-refractivity contribution in [3.8, 4) is 0 Å². The van der Waals surface area contributed by atoms with E-state index < -0.39 is 11.7 Å². The number of halogens is 1. The van der Waals surface area contributed by atoms with E-state index in [0.29, 0.717) is 13.1 Å². The molecular weight excluding hydrogens is 489 g/mol. The van der Waals surface area contributed by atoms with Crippen LogP contribution in [-0.4, -0.2) is 61.8 Å². The van der Waals surface area contributed by atoms with Gasteiger partial charge in [0.1, 0.15) is 5.60 Å². The summed E-state index contributed by atoms with van der Waals surface area (Å²) in [7, 11) is 0. The summed E-state index contributed by atoms with van der Waals surface area (Å²) < 4.78 is 5.22. The number of thiophene rings is 1. The zero-order chi connectivity index (χ0) is 19.7. The third-order valence-electron chi connectivity index (χ3n) is 4.00. The normalized spacial score (nSPS) is 14.6. The molecule has 3 N–H and O–H groups in total. The zero-order valence-corrected chi connectivity index (χ0v) is 20.5. The molecule has 0 saturated heterocycles. The van der Waals surface area contributed by atoms with Crippen LogP contribution in [0, 0.1) is 0 Å². The Balaban J connectivity index is 0.00000392. The second-order valence-electron chi connectivity index (χ2n) is 7.51. The lowest BCUT2D eigenvalue weighted by molar-refractivity contribution is 0.0529.